The van der Waals surface area contributed by atoms with Crippen molar-refractivity contribution < 1.29 is 13.9 Å². The lowest BCUT2D eigenvalue weighted by atomic mass is 10.0. The third-order valence-electron chi connectivity index (χ3n) is 4.61. The highest BCUT2D eigenvalue weighted by molar-refractivity contribution is 9.10. The van der Waals surface area contributed by atoms with E-state index in [-0.39, 0.29) is 12.5 Å². The van der Waals surface area contributed by atoms with Crippen LogP contribution in [0.15, 0.2) is 86.5 Å². The summed E-state index contributed by atoms with van der Waals surface area (Å²) in [4.78, 5) is 24.3. The number of benzene rings is 3. The minimum absolute atomic E-state index is 0.163. The van der Waals surface area contributed by atoms with Crippen molar-refractivity contribution in [2.45, 2.75) is 6.92 Å². The average Bonchev–Trinajstić information content (AvgIpc) is 2.74. The van der Waals surface area contributed by atoms with E-state index in [1.54, 1.807) is 12.1 Å². The van der Waals surface area contributed by atoms with Crippen molar-refractivity contribution in [3.63, 3.8) is 0 Å². The lowest BCUT2D eigenvalue weighted by Crippen LogP contribution is -2.20. The third kappa shape index (κ3) is 4.44. The fraction of sp³-hybridized carbons (Fsp3) is 0.0833. The summed E-state index contributed by atoms with van der Waals surface area (Å²) in [6, 6.07) is 21.9. The van der Waals surface area contributed by atoms with Crippen LogP contribution >= 0.6 is 15.9 Å². The molecule has 30 heavy (non-hydrogen) atoms. The molecule has 0 saturated heterocycles. The summed E-state index contributed by atoms with van der Waals surface area (Å²) in [5, 5.41) is 3.59. The Morgan fingerprint density at radius 2 is 1.83 bits per heavy atom. The maximum Gasteiger partial charge on any atom is 0.336 e. The van der Waals surface area contributed by atoms with E-state index >= 15 is 0 Å². The van der Waals surface area contributed by atoms with Crippen molar-refractivity contribution in [3.05, 3.63) is 93.3 Å². The predicted molar refractivity (Wildman–Crippen MR) is 121 cm³/mol. The SMILES string of the molecule is Cc1cc(NC(=O)COc2ccc3c(-c4ccccc4)cc(=O)oc3c2)ccc1Br. The molecule has 3 aromatic carbocycles. The molecule has 0 aliphatic heterocycles. The van der Waals surface area contributed by atoms with Crippen LogP contribution in [-0.2, 0) is 4.79 Å². The summed E-state index contributed by atoms with van der Waals surface area (Å²) >= 11 is 3.43. The Morgan fingerprint density at radius 1 is 1.03 bits per heavy atom. The van der Waals surface area contributed by atoms with Gasteiger partial charge in [-0.2, -0.15) is 0 Å². The van der Waals surface area contributed by atoms with Crippen LogP contribution in [0.1, 0.15) is 5.56 Å². The van der Waals surface area contributed by atoms with Crippen LogP contribution in [0.3, 0.4) is 0 Å². The second-order valence-electron chi connectivity index (χ2n) is 6.80. The second kappa shape index (κ2) is 8.55. The fourth-order valence-corrected chi connectivity index (χ4v) is 3.40. The lowest BCUT2D eigenvalue weighted by molar-refractivity contribution is -0.118. The first kappa shape index (κ1) is 19.9. The van der Waals surface area contributed by atoms with Crippen LogP contribution < -0.4 is 15.7 Å². The van der Waals surface area contributed by atoms with E-state index in [1.807, 2.05) is 61.5 Å². The molecule has 4 rings (SSSR count). The van der Waals surface area contributed by atoms with Crippen LogP contribution in [0, 0.1) is 6.92 Å². The number of halogens is 1. The first-order valence-electron chi connectivity index (χ1n) is 9.32. The van der Waals surface area contributed by atoms with E-state index in [9.17, 15) is 9.59 Å². The largest absolute Gasteiger partial charge is 0.484 e. The van der Waals surface area contributed by atoms with Crippen LogP contribution in [0.2, 0.25) is 0 Å². The zero-order valence-corrected chi connectivity index (χ0v) is 17.7. The molecular formula is C24H18BrNO4. The number of fused-ring (bicyclic) bond motifs is 1. The molecule has 0 atom stereocenters. The Balaban J connectivity index is 1.52. The van der Waals surface area contributed by atoms with Gasteiger partial charge in [0, 0.05) is 27.7 Å². The summed E-state index contributed by atoms with van der Waals surface area (Å²) in [5.74, 6) is 0.161. The van der Waals surface area contributed by atoms with Crippen molar-refractivity contribution in [1.29, 1.82) is 0 Å². The second-order valence-corrected chi connectivity index (χ2v) is 7.66. The van der Waals surface area contributed by atoms with Gasteiger partial charge in [0.1, 0.15) is 11.3 Å². The maximum atomic E-state index is 12.2. The molecule has 0 bridgehead atoms. The quantitative estimate of drug-likeness (QED) is 0.394. The zero-order chi connectivity index (χ0) is 21.1. The number of hydrogen-bond donors (Lipinski definition) is 1. The summed E-state index contributed by atoms with van der Waals surface area (Å²) < 4.78 is 11.9. The Labute approximate surface area is 181 Å². The number of carbonyl (C=O) groups excluding carboxylic acids is 1. The highest BCUT2D eigenvalue weighted by Gasteiger charge is 2.10. The van der Waals surface area contributed by atoms with E-state index in [0.29, 0.717) is 17.0 Å². The van der Waals surface area contributed by atoms with Crippen LogP contribution in [-0.4, -0.2) is 12.5 Å². The minimum atomic E-state index is -0.443. The van der Waals surface area contributed by atoms with Crippen molar-refractivity contribution >= 4 is 38.5 Å². The number of aryl methyl sites for hydroxylation is 1. The molecule has 150 valence electrons. The van der Waals surface area contributed by atoms with Crippen molar-refractivity contribution in [3.8, 4) is 16.9 Å². The summed E-state index contributed by atoms with van der Waals surface area (Å²) in [7, 11) is 0. The molecule has 4 aromatic rings. The van der Waals surface area contributed by atoms with Crippen LogP contribution in [0.25, 0.3) is 22.1 Å². The summed E-state index contributed by atoms with van der Waals surface area (Å²) in [6.07, 6.45) is 0. The minimum Gasteiger partial charge on any atom is -0.484 e. The normalized spacial score (nSPS) is 10.7. The Morgan fingerprint density at radius 3 is 2.60 bits per heavy atom. The van der Waals surface area contributed by atoms with Crippen molar-refractivity contribution in [1.82, 2.24) is 0 Å². The molecule has 1 heterocycles. The third-order valence-corrected chi connectivity index (χ3v) is 5.50. The molecule has 1 aromatic heterocycles. The standard InChI is InChI=1S/C24H18BrNO4/c1-15-11-17(7-10-21(15)25)26-23(27)14-29-18-8-9-19-20(16-5-3-2-4-6-16)13-24(28)30-22(19)12-18/h2-13H,14H2,1H3,(H,26,27). The lowest BCUT2D eigenvalue weighted by Gasteiger charge is -2.10. The number of ether oxygens (including phenoxy) is 1. The van der Waals surface area contributed by atoms with E-state index < -0.39 is 5.63 Å². The smallest absolute Gasteiger partial charge is 0.336 e. The summed E-state index contributed by atoms with van der Waals surface area (Å²) in [6.45, 7) is 1.78. The highest BCUT2D eigenvalue weighted by atomic mass is 79.9. The van der Waals surface area contributed by atoms with Gasteiger partial charge in [-0.25, -0.2) is 4.79 Å². The number of amides is 1. The molecule has 0 saturated carbocycles. The number of nitrogens with one attached hydrogen (secondary N) is 1. The molecule has 0 spiro atoms. The van der Waals surface area contributed by atoms with Gasteiger partial charge in [0.05, 0.1) is 0 Å². The van der Waals surface area contributed by atoms with E-state index in [1.165, 1.54) is 6.07 Å². The first-order chi connectivity index (χ1) is 14.5. The topological polar surface area (TPSA) is 68.5 Å². The molecule has 0 radical (unpaired) electrons. The van der Waals surface area contributed by atoms with Gasteiger partial charge < -0.3 is 14.5 Å². The molecule has 1 N–H and O–H groups in total. The molecule has 6 heteroatoms. The molecule has 0 aliphatic rings. The predicted octanol–water partition coefficient (Wildman–Crippen LogP) is 5.55. The van der Waals surface area contributed by atoms with Crippen LogP contribution in [0.5, 0.6) is 5.75 Å². The summed E-state index contributed by atoms with van der Waals surface area (Å²) in [5.41, 5.74) is 3.39. The zero-order valence-electron chi connectivity index (χ0n) is 16.1. The van der Waals surface area contributed by atoms with Gasteiger partial charge in [-0.1, -0.05) is 46.3 Å². The Bertz CT molecular complexity index is 1280. The first-order valence-corrected chi connectivity index (χ1v) is 10.1. The van der Waals surface area contributed by atoms with Crippen molar-refractivity contribution in [2.24, 2.45) is 0 Å². The monoisotopic (exact) mass is 463 g/mol. The molecule has 1 amide bonds. The molecule has 0 unspecified atom stereocenters. The van der Waals surface area contributed by atoms with E-state index in [4.69, 9.17) is 9.15 Å². The van der Waals surface area contributed by atoms with Crippen molar-refractivity contribution in [2.75, 3.05) is 11.9 Å². The molecule has 0 fully saturated rings. The molecular weight excluding hydrogens is 446 g/mol. The highest BCUT2D eigenvalue weighted by Crippen LogP contribution is 2.29. The fourth-order valence-electron chi connectivity index (χ4n) is 3.16. The van der Waals surface area contributed by atoms with Gasteiger partial charge in [0.25, 0.3) is 5.91 Å². The number of rotatable bonds is 5. The Kier molecular flexibility index (Phi) is 5.68. The number of hydrogen-bond acceptors (Lipinski definition) is 4. The Hall–Kier alpha value is -3.38. The number of carbonyl (C=O) groups is 1. The van der Waals surface area contributed by atoms with Crippen LogP contribution in [0.4, 0.5) is 5.69 Å². The number of anilines is 1. The van der Waals surface area contributed by atoms with Gasteiger partial charge in [-0.05, 0) is 53.9 Å². The van der Waals surface area contributed by atoms with Gasteiger partial charge in [-0.3, -0.25) is 4.79 Å². The van der Waals surface area contributed by atoms with E-state index in [2.05, 4.69) is 21.2 Å². The van der Waals surface area contributed by atoms with Gasteiger partial charge in [-0.15, -0.1) is 0 Å². The van der Waals surface area contributed by atoms with Gasteiger partial charge in [0.15, 0.2) is 6.61 Å². The maximum absolute atomic E-state index is 12.2. The van der Waals surface area contributed by atoms with Gasteiger partial charge >= 0.3 is 5.63 Å². The van der Waals surface area contributed by atoms with Gasteiger partial charge in [0.2, 0.25) is 0 Å². The molecule has 0 aliphatic carbocycles. The van der Waals surface area contributed by atoms with E-state index in [0.717, 1.165) is 26.5 Å². The average molecular weight is 464 g/mol. The molecule has 5 nitrogen and oxygen atoms in total.